The first-order valence-electron chi connectivity index (χ1n) is 5.11. The second-order valence-corrected chi connectivity index (χ2v) is 4.65. The van der Waals surface area contributed by atoms with E-state index in [-0.39, 0.29) is 0 Å². The Labute approximate surface area is 103 Å². The van der Waals surface area contributed by atoms with Crippen molar-refractivity contribution in [2.75, 3.05) is 0 Å². The van der Waals surface area contributed by atoms with Gasteiger partial charge in [-0.25, -0.2) is 4.98 Å². The zero-order valence-electron chi connectivity index (χ0n) is 9.37. The van der Waals surface area contributed by atoms with Crippen molar-refractivity contribution in [1.82, 2.24) is 9.55 Å². The molecule has 0 radical (unpaired) electrons. The van der Waals surface area contributed by atoms with Crippen LogP contribution < -0.4 is 5.73 Å². The highest BCUT2D eigenvalue weighted by Crippen LogP contribution is 2.25. The molecule has 0 unspecified atom stereocenters. The van der Waals surface area contributed by atoms with Crippen LogP contribution in [0.3, 0.4) is 0 Å². The summed E-state index contributed by atoms with van der Waals surface area (Å²) in [5, 5.41) is 0. The summed E-state index contributed by atoms with van der Waals surface area (Å²) in [6.45, 7) is 2.52. The summed E-state index contributed by atoms with van der Waals surface area (Å²) in [6.07, 6.45) is 0. The molecule has 0 atom stereocenters. The molecule has 4 heteroatoms. The molecular weight excluding hydrogens is 266 g/mol. The van der Waals surface area contributed by atoms with Gasteiger partial charge in [0.05, 0.1) is 12.2 Å². The number of rotatable bonds is 2. The van der Waals surface area contributed by atoms with Crippen molar-refractivity contribution < 1.29 is 0 Å². The Balaban J connectivity index is 2.56. The van der Waals surface area contributed by atoms with Crippen LogP contribution in [0, 0.1) is 6.92 Å². The summed E-state index contributed by atoms with van der Waals surface area (Å²) in [5.74, 6) is 0.910. The quantitative estimate of drug-likeness (QED) is 0.919. The van der Waals surface area contributed by atoms with Crippen molar-refractivity contribution in [3.8, 4) is 11.3 Å². The summed E-state index contributed by atoms with van der Waals surface area (Å²) < 4.78 is 3.10. The first-order valence-corrected chi connectivity index (χ1v) is 5.91. The van der Waals surface area contributed by atoms with Crippen LogP contribution in [0.15, 0.2) is 28.7 Å². The van der Waals surface area contributed by atoms with Gasteiger partial charge in [-0.15, -0.1) is 0 Å². The van der Waals surface area contributed by atoms with E-state index in [9.17, 15) is 0 Å². The van der Waals surface area contributed by atoms with Gasteiger partial charge in [-0.05, 0) is 19.1 Å². The molecule has 2 N–H and O–H groups in total. The van der Waals surface area contributed by atoms with E-state index in [0.717, 1.165) is 27.2 Å². The Kier molecular flexibility index (Phi) is 3.12. The summed E-state index contributed by atoms with van der Waals surface area (Å²) in [6, 6.07) is 8.14. The van der Waals surface area contributed by atoms with Crippen LogP contribution in [0.4, 0.5) is 0 Å². The lowest BCUT2D eigenvalue weighted by Crippen LogP contribution is -2.05. The molecule has 0 saturated carbocycles. The number of benzene rings is 1. The Bertz CT molecular complexity index is 517. The molecule has 0 fully saturated rings. The molecule has 2 rings (SSSR count). The monoisotopic (exact) mass is 279 g/mol. The van der Waals surface area contributed by atoms with Gasteiger partial charge in [-0.1, -0.05) is 28.1 Å². The highest BCUT2D eigenvalue weighted by atomic mass is 79.9. The summed E-state index contributed by atoms with van der Waals surface area (Å²) in [7, 11) is 1.99. The number of imidazole rings is 1. The van der Waals surface area contributed by atoms with Crippen molar-refractivity contribution in [2.24, 2.45) is 12.8 Å². The Morgan fingerprint density at radius 3 is 2.75 bits per heavy atom. The SMILES string of the molecule is Cc1c(-c2cccc(Br)c2)nc(CN)n1C. The number of nitrogens with zero attached hydrogens (tertiary/aromatic N) is 2. The van der Waals surface area contributed by atoms with E-state index in [1.165, 1.54) is 0 Å². The fraction of sp³-hybridized carbons (Fsp3) is 0.250. The molecule has 0 aliphatic rings. The largest absolute Gasteiger partial charge is 0.334 e. The van der Waals surface area contributed by atoms with Gasteiger partial charge in [0.2, 0.25) is 0 Å². The number of halogens is 1. The van der Waals surface area contributed by atoms with E-state index in [1.54, 1.807) is 0 Å². The fourth-order valence-electron chi connectivity index (χ4n) is 1.73. The predicted molar refractivity (Wildman–Crippen MR) is 69.0 cm³/mol. The third-order valence-electron chi connectivity index (χ3n) is 2.75. The molecule has 84 valence electrons. The lowest BCUT2D eigenvalue weighted by molar-refractivity contribution is 0.774. The van der Waals surface area contributed by atoms with Crippen LogP contribution >= 0.6 is 15.9 Å². The van der Waals surface area contributed by atoms with Crippen molar-refractivity contribution in [3.63, 3.8) is 0 Å². The van der Waals surface area contributed by atoms with Crippen molar-refractivity contribution in [3.05, 3.63) is 40.3 Å². The molecule has 0 amide bonds. The summed E-state index contributed by atoms with van der Waals surface area (Å²) in [4.78, 5) is 4.56. The maximum atomic E-state index is 5.65. The first-order chi connectivity index (χ1) is 7.63. The van der Waals surface area contributed by atoms with Gasteiger partial charge in [0.25, 0.3) is 0 Å². The minimum atomic E-state index is 0.464. The minimum absolute atomic E-state index is 0.464. The normalized spacial score (nSPS) is 10.8. The number of nitrogens with two attached hydrogens (primary N) is 1. The Morgan fingerprint density at radius 2 is 2.19 bits per heavy atom. The second-order valence-electron chi connectivity index (χ2n) is 3.74. The van der Waals surface area contributed by atoms with Crippen LogP contribution in [0.25, 0.3) is 11.3 Å². The smallest absolute Gasteiger partial charge is 0.123 e. The van der Waals surface area contributed by atoms with E-state index < -0.39 is 0 Å². The lowest BCUT2D eigenvalue weighted by Gasteiger charge is -2.01. The maximum Gasteiger partial charge on any atom is 0.123 e. The predicted octanol–water partition coefficient (Wildman–Crippen LogP) is 2.62. The molecule has 0 saturated heterocycles. The van der Waals surface area contributed by atoms with Crippen molar-refractivity contribution >= 4 is 15.9 Å². The van der Waals surface area contributed by atoms with Gasteiger partial charge >= 0.3 is 0 Å². The van der Waals surface area contributed by atoms with Gasteiger partial charge in [-0.3, -0.25) is 0 Å². The lowest BCUT2D eigenvalue weighted by atomic mass is 10.1. The Morgan fingerprint density at radius 1 is 1.44 bits per heavy atom. The highest BCUT2D eigenvalue weighted by Gasteiger charge is 2.11. The van der Waals surface area contributed by atoms with Crippen LogP contribution in [0.5, 0.6) is 0 Å². The van der Waals surface area contributed by atoms with E-state index in [1.807, 2.05) is 23.7 Å². The van der Waals surface area contributed by atoms with E-state index in [2.05, 4.69) is 40.0 Å². The second kappa shape index (κ2) is 4.39. The average Bonchev–Trinajstić information content (AvgIpc) is 2.56. The number of aromatic nitrogens is 2. The molecule has 1 aromatic heterocycles. The average molecular weight is 280 g/mol. The first kappa shape index (κ1) is 11.4. The molecule has 0 bridgehead atoms. The van der Waals surface area contributed by atoms with Crippen LogP contribution in [0.1, 0.15) is 11.5 Å². The molecule has 3 nitrogen and oxygen atoms in total. The Hall–Kier alpha value is -1.13. The van der Waals surface area contributed by atoms with Crippen LogP contribution in [-0.4, -0.2) is 9.55 Å². The van der Waals surface area contributed by atoms with Gasteiger partial charge in [0.15, 0.2) is 0 Å². The molecule has 0 spiro atoms. The fourth-order valence-corrected chi connectivity index (χ4v) is 2.13. The molecule has 0 aliphatic carbocycles. The van der Waals surface area contributed by atoms with Crippen molar-refractivity contribution in [1.29, 1.82) is 0 Å². The van der Waals surface area contributed by atoms with E-state index in [4.69, 9.17) is 5.73 Å². The molecule has 1 aromatic carbocycles. The topological polar surface area (TPSA) is 43.8 Å². The summed E-state index contributed by atoms with van der Waals surface area (Å²) >= 11 is 3.47. The molecule has 2 aromatic rings. The molecule has 0 aliphatic heterocycles. The zero-order chi connectivity index (χ0) is 11.7. The van der Waals surface area contributed by atoms with E-state index >= 15 is 0 Å². The van der Waals surface area contributed by atoms with Crippen LogP contribution in [0.2, 0.25) is 0 Å². The van der Waals surface area contributed by atoms with Gasteiger partial charge < -0.3 is 10.3 Å². The van der Waals surface area contributed by atoms with Crippen molar-refractivity contribution in [2.45, 2.75) is 13.5 Å². The summed E-state index contributed by atoms with van der Waals surface area (Å²) in [5.41, 5.74) is 8.90. The third-order valence-corrected chi connectivity index (χ3v) is 3.25. The number of hydrogen-bond acceptors (Lipinski definition) is 2. The van der Waals surface area contributed by atoms with Gasteiger partial charge in [0.1, 0.15) is 5.82 Å². The third kappa shape index (κ3) is 1.90. The molecule has 1 heterocycles. The zero-order valence-corrected chi connectivity index (χ0v) is 11.0. The molecular formula is C12H14BrN3. The van der Waals surface area contributed by atoms with Gasteiger partial charge in [-0.2, -0.15) is 0 Å². The van der Waals surface area contributed by atoms with Gasteiger partial charge in [0, 0.05) is 22.8 Å². The maximum absolute atomic E-state index is 5.65. The molecule has 16 heavy (non-hydrogen) atoms. The highest BCUT2D eigenvalue weighted by molar-refractivity contribution is 9.10. The number of hydrogen-bond donors (Lipinski definition) is 1. The van der Waals surface area contributed by atoms with Crippen LogP contribution in [-0.2, 0) is 13.6 Å². The minimum Gasteiger partial charge on any atom is -0.334 e. The van der Waals surface area contributed by atoms with E-state index in [0.29, 0.717) is 6.54 Å². The standard InChI is InChI=1S/C12H14BrN3/c1-8-12(15-11(7-14)16(8)2)9-4-3-5-10(13)6-9/h3-6H,7,14H2,1-2H3.